The van der Waals surface area contributed by atoms with Gasteiger partial charge in [0.15, 0.2) is 0 Å². The number of aryl methyl sites for hydroxylation is 1. The van der Waals surface area contributed by atoms with E-state index < -0.39 is 0 Å². The summed E-state index contributed by atoms with van der Waals surface area (Å²) in [6, 6.07) is 12.9. The summed E-state index contributed by atoms with van der Waals surface area (Å²) < 4.78 is 0. The van der Waals surface area contributed by atoms with Crippen LogP contribution >= 0.6 is 0 Å². The van der Waals surface area contributed by atoms with Gasteiger partial charge in [0.05, 0.1) is 6.21 Å². The van der Waals surface area contributed by atoms with Crippen LogP contribution in [0.25, 0.3) is 11.1 Å². The molecule has 0 atom stereocenters. The fourth-order valence-corrected chi connectivity index (χ4v) is 1.80. The van der Waals surface area contributed by atoms with E-state index in [0.29, 0.717) is 0 Å². The molecule has 0 saturated heterocycles. The molecule has 86 valence electrons. The number of hydrogen-bond donors (Lipinski definition) is 2. The highest BCUT2D eigenvalue weighted by atomic mass is 16.4. The van der Waals surface area contributed by atoms with Crippen LogP contribution in [-0.2, 0) is 0 Å². The van der Waals surface area contributed by atoms with Crippen LogP contribution in [0.5, 0.6) is 5.75 Å². The number of benzene rings is 2. The van der Waals surface area contributed by atoms with Crippen molar-refractivity contribution in [3.05, 3.63) is 53.6 Å². The van der Waals surface area contributed by atoms with Crippen LogP contribution in [0.1, 0.15) is 11.1 Å². The predicted molar refractivity (Wildman–Crippen MR) is 67.7 cm³/mol. The van der Waals surface area contributed by atoms with Crippen molar-refractivity contribution in [1.82, 2.24) is 0 Å². The van der Waals surface area contributed by atoms with Gasteiger partial charge in [0.2, 0.25) is 0 Å². The highest BCUT2D eigenvalue weighted by Crippen LogP contribution is 2.25. The molecule has 0 saturated carbocycles. The lowest BCUT2D eigenvalue weighted by molar-refractivity contribution is 0.322. The van der Waals surface area contributed by atoms with Crippen molar-refractivity contribution < 1.29 is 10.3 Å². The quantitative estimate of drug-likeness (QED) is 0.470. The Bertz CT molecular complexity index is 545. The molecule has 0 spiro atoms. The van der Waals surface area contributed by atoms with Gasteiger partial charge in [0.1, 0.15) is 5.75 Å². The van der Waals surface area contributed by atoms with Crippen molar-refractivity contribution >= 4 is 6.21 Å². The summed E-state index contributed by atoms with van der Waals surface area (Å²) in [7, 11) is 0. The Morgan fingerprint density at radius 2 is 1.76 bits per heavy atom. The molecule has 0 bridgehead atoms. The molecular formula is C14H13NO2. The Balaban J connectivity index is 2.43. The summed E-state index contributed by atoms with van der Waals surface area (Å²) in [6.45, 7) is 2.00. The molecule has 17 heavy (non-hydrogen) atoms. The van der Waals surface area contributed by atoms with Crippen molar-refractivity contribution in [3.8, 4) is 16.9 Å². The fourth-order valence-electron chi connectivity index (χ4n) is 1.80. The normalized spacial score (nSPS) is 10.9. The third kappa shape index (κ3) is 2.45. The number of phenols is 1. The summed E-state index contributed by atoms with van der Waals surface area (Å²) in [6.07, 6.45) is 1.40. The zero-order chi connectivity index (χ0) is 12.3. The van der Waals surface area contributed by atoms with Crippen LogP contribution in [0, 0.1) is 6.92 Å². The second kappa shape index (κ2) is 4.70. The molecular weight excluding hydrogens is 214 g/mol. The van der Waals surface area contributed by atoms with Gasteiger partial charge in [-0.1, -0.05) is 29.4 Å². The van der Waals surface area contributed by atoms with Crippen molar-refractivity contribution in [1.29, 1.82) is 0 Å². The first-order valence-corrected chi connectivity index (χ1v) is 5.28. The topological polar surface area (TPSA) is 52.8 Å². The molecule has 3 heteroatoms. The van der Waals surface area contributed by atoms with Crippen molar-refractivity contribution in [2.24, 2.45) is 5.16 Å². The maximum Gasteiger partial charge on any atom is 0.115 e. The second-order valence-corrected chi connectivity index (χ2v) is 3.87. The van der Waals surface area contributed by atoms with E-state index in [-0.39, 0.29) is 5.75 Å². The number of nitrogens with zero attached hydrogens (tertiary/aromatic N) is 1. The number of hydrogen-bond acceptors (Lipinski definition) is 3. The van der Waals surface area contributed by atoms with Gasteiger partial charge in [-0.25, -0.2) is 0 Å². The molecule has 0 aliphatic carbocycles. The summed E-state index contributed by atoms with van der Waals surface area (Å²) in [5, 5.41) is 20.7. The molecule has 2 rings (SSSR count). The highest BCUT2D eigenvalue weighted by Gasteiger charge is 2.02. The molecule has 2 aromatic rings. The standard InChI is InChI=1S/C14H13NO2/c1-10-8-11(9-15-17)2-7-14(10)12-3-5-13(16)6-4-12/h2-9,16-17H,1H3/b15-9+. The van der Waals surface area contributed by atoms with E-state index >= 15 is 0 Å². The van der Waals surface area contributed by atoms with Crippen LogP contribution in [0.15, 0.2) is 47.6 Å². The third-order valence-corrected chi connectivity index (χ3v) is 2.64. The summed E-state index contributed by atoms with van der Waals surface area (Å²) in [4.78, 5) is 0. The molecule has 0 fully saturated rings. The molecule has 0 radical (unpaired) electrons. The van der Waals surface area contributed by atoms with E-state index in [0.717, 1.165) is 22.3 Å². The smallest absolute Gasteiger partial charge is 0.115 e. The molecule has 0 unspecified atom stereocenters. The summed E-state index contributed by atoms with van der Waals surface area (Å²) in [5.41, 5.74) is 4.09. The van der Waals surface area contributed by atoms with Crippen LogP contribution in [0.3, 0.4) is 0 Å². The monoisotopic (exact) mass is 227 g/mol. The summed E-state index contributed by atoms with van der Waals surface area (Å²) >= 11 is 0. The fraction of sp³-hybridized carbons (Fsp3) is 0.0714. The lowest BCUT2D eigenvalue weighted by Gasteiger charge is -2.07. The van der Waals surface area contributed by atoms with Gasteiger partial charge in [-0.15, -0.1) is 0 Å². The maximum absolute atomic E-state index is 9.24. The Morgan fingerprint density at radius 1 is 1.06 bits per heavy atom. The number of aromatic hydroxyl groups is 1. The van der Waals surface area contributed by atoms with E-state index in [1.54, 1.807) is 12.1 Å². The Morgan fingerprint density at radius 3 is 2.35 bits per heavy atom. The van der Waals surface area contributed by atoms with Crippen molar-refractivity contribution in [3.63, 3.8) is 0 Å². The molecule has 0 aromatic heterocycles. The largest absolute Gasteiger partial charge is 0.508 e. The first-order chi connectivity index (χ1) is 8.20. The van der Waals surface area contributed by atoms with Crippen LogP contribution in [-0.4, -0.2) is 16.5 Å². The zero-order valence-electron chi connectivity index (χ0n) is 9.46. The average molecular weight is 227 g/mol. The lowest BCUT2D eigenvalue weighted by Crippen LogP contribution is -1.87. The Kier molecular flexibility index (Phi) is 3.10. The maximum atomic E-state index is 9.24. The van der Waals surface area contributed by atoms with Gasteiger partial charge in [0, 0.05) is 0 Å². The lowest BCUT2D eigenvalue weighted by atomic mass is 9.99. The van der Waals surface area contributed by atoms with Gasteiger partial charge in [-0.2, -0.15) is 0 Å². The highest BCUT2D eigenvalue weighted by molar-refractivity contribution is 5.81. The van der Waals surface area contributed by atoms with Gasteiger partial charge in [-0.3, -0.25) is 0 Å². The van der Waals surface area contributed by atoms with Crippen LogP contribution in [0.2, 0.25) is 0 Å². The minimum absolute atomic E-state index is 0.260. The van der Waals surface area contributed by atoms with Crippen molar-refractivity contribution in [2.45, 2.75) is 6.92 Å². The van der Waals surface area contributed by atoms with Crippen LogP contribution < -0.4 is 0 Å². The molecule has 0 heterocycles. The van der Waals surface area contributed by atoms with Gasteiger partial charge >= 0.3 is 0 Å². The number of oxime groups is 1. The second-order valence-electron chi connectivity index (χ2n) is 3.87. The van der Waals surface area contributed by atoms with Gasteiger partial charge < -0.3 is 10.3 Å². The first-order valence-electron chi connectivity index (χ1n) is 5.28. The van der Waals surface area contributed by atoms with E-state index in [1.807, 2.05) is 37.3 Å². The molecule has 2 N–H and O–H groups in total. The van der Waals surface area contributed by atoms with Gasteiger partial charge in [-0.05, 0) is 47.4 Å². The Hall–Kier alpha value is -2.29. The SMILES string of the molecule is Cc1cc(/C=N/O)ccc1-c1ccc(O)cc1. The summed E-state index contributed by atoms with van der Waals surface area (Å²) in [5.74, 6) is 0.260. The van der Waals surface area contributed by atoms with E-state index in [9.17, 15) is 5.11 Å². The van der Waals surface area contributed by atoms with E-state index in [1.165, 1.54) is 6.21 Å². The minimum atomic E-state index is 0.260. The average Bonchev–Trinajstić information content (AvgIpc) is 2.31. The molecule has 3 nitrogen and oxygen atoms in total. The minimum Gasteiger partial charge on any atom is -0.508 e. The van der Waals surface area contributed by atoms with E-state index in [4.69, 9.17) is 5.21 Å². The molecule has 0 aliphatic rings. The van der Waals surface area contributed by atoms with E-state index in [2.05, 4.69) is 5.16 Å². The third-order valence-electron chi connectivity index (χ3n) is 2.64. The van der Waals surface area contributed by atoms with Crippen molar-refractivity contribution in [2.75, 3.05) is 0 Å². The predicted octanol–water partition coefficient (Wildman–Crippen LogP) is 3.18. The number of rotatable bonds is 2. The van der Waals surface area contributed by atoms with Gasteiger partial charge in [0.25, 0.3) is 0 Å². The van der Waals surface area contributed by atoms with Crippen LogP contribution in [0.4, 0.5) is 0 Å². The molecule has 2 aromatic carbocycles. The number of phenolic OH excluding ortho intramolecular Hbond substituents is 1. The molecule has 0 aliphatic heterocycles. The molecule has 0 amide bonds. The zero-order valence-corrected chi connectivity index (χ0v) is 9.46. The Labute approximate surface area is 99.7 Å². The first kappa shape index (κ1) is 11.2.